The number of halogens is 2. The molecule has 0 bridgehead atoms. The smallest absolute Gasteiger partial charge is 0.323 e. The Hall–Kier alpha value is -2.11. The predicted octanol–water partition coefficient (Wildman–Crippen LogP) is 4.62. The lowest BCUT2D eigenvalue weighted by Gasteiger charge is -2.23. The van der Waals surface area contributed by atoms with Crippen LogP contribution in [0.4, 0.5) is 21.9 Å². The average Bonchev–Trinajstić information content (AvgIpc) is 2.63. The number of benzene rings is 2. The molecule has 0 saturated heterocycles. The van der Waals surface area contributed by atoms with Crippen molar-refractivity contribution in [3.63, 3.8) is 0 Å². The number of alkyl halides is 2. The van der Waals surface area contributed by atoms with E-state index < -0.39 is 0 Å². The van der Waals surface area contributed by atoms with E-state index in [0.29, 0.717) is 23.1 Å². The molecule has 0 spiro atoms. The molecule has 0 aliphatic rings. The second kappa shape index (κ2) is 10.0. The lowest BCUT2D eigenvalue weighted by Crippen LogP contribution is -2.27. The van der Waals surface area contributed by atoms with Crippen LogP contribution in [0.2, 0.25) is 0 Å². The van der Waals surface area contributed by atoms with E-state index in [1.807, 2.05) is 24.3 Å². The van der Waals surface area contributed by atoms with Crippen molar-refractivity contribution in [2.24, 2.45) is 0 Å². The van der Waals surface area contributed by atoms with Gasteiger partial charge in [0.05, 0.1) is 7.11 Å². The number of nitrogens with zero attached hydrogens (tertiary/aromatic N) is 1. The summed E-state index contributed by atoms with van der Waals surface area (Å²) in [5, 5.41) is 5.57. The molecule has 0 atom stereocenters. The van der Waals surface area contributed by atoms with Crippen LogP contribution in [-0.2, 0) is 0 Å². The minimum atomic E-state index is -0.309. The number of nitrogens with one attached hydrogen (secondary N) is 2. The number of ether oxygens (including phenoxy) is 1. The van der Waals surface area contributed by atoms with Crippen LogP contribution in [0.1, 0.15) is 0 Å². The molecule has 0 fully saturated rings. The number of methoxy groups -OCH3 is 1. The van der Waals surface area contributed by atoms with E-state index in [2.05, 4.69) is 15.5 Å². The molecule has 2 N–H and O–H groups in total. The Morgan fingerprint density at radius 3 is 1.84 bits per heavy atom. The van der Waals surface area contributed by atoms with Gasteiger partial charge in [-0.25, -0.2) is 4.79 Å². The molecular weight excluding hydrogens is 361 g/mol. The van der Waals surface area contributed by atoms with Gasteiger partial charge in [0.1, 0.15) is 5.75 Å². The fourth-order valence-electron chi connectivity index (χ4n) is 2.30. The summed E-state index contributed by atoms with van der Waals surface area (Å²) in [5.74, 6) is 1.79. The summed E-state index contributed by atoms with van der Waals surface area (Å²) in [6, 6.07) is 14.4. The number of carbonyl (C=O) groups excluding carboxylic acids is 1. The number of urea groups is 1. The summed E-state index contributed by atoms with van der Waals surface area (Å²) in [6.07, 6.45) is 0. The molecule has 25 heavy (non-hydrogen) atoms. The van der Waals surface area contributed by atoms with Crippen molar-refractivity contribution in [3.8, 4) is 5.75 Å². The first-order valence-corrected chi connectivity index (χ1v) is 8.92. The zero-order valence-corrected chi connectivity index (χ0v) is 15.5. The van der Waals surface area contributed by atoms with Crippen molar-refractivity contribution in [1.82, 2.24) is 0 Å². The molecule has 134 valence electrons. The SMILES string of the molecule is COc1ccc(NC(=O)Nc2ccc(N(CCCl)CCCl)cc2)cc1. The highest BCUT2D eigenvalue weighted by Gasteiger charge is 2.07. The largest absolute Gasteiger partial charge is 0.497 e. The third-order valence-electron chi connectivity index (χ3n) is 3.55. The summed E-state index contributed by atoms with van der Waals surface area (Å²) < 4.78 is 5.09. The first-order valence-electron chi connectivity index (χ1n) is 7.85. The lowest BCUT2D eigenvalue weighted by atomic mass is 10.2. The highest BCUT2D eigenvalue weighted by molar-refractivity contribution is 6.18. The van der Waals surface area contributed by atoms with Crippen molar-refractivity contribution in [3.05, 3.63) is 48.5 Å². The summed E-state index contributed by atoms with van der Waals surface area (Å²) >= 11 is 11.6. The monoisotopic (exact) mass is 381 g/mol. The van der Waals surface area contributed by atoms with Crippen LogP contribution in [0.5, 0.6) is 5.75 Å². The molecule has 2 aromatic rings. The van der Waals surface area contributed by atoms with Gasteiger partial charge in [0.2, 0.25) is 0 Å². The molecule has 0 aliphatic heterocycles. The zero-order chi connectivity index (χ0) is 18.1. The van der Waals surface area contributed by atoms with Crippen molar-refractivity contribution in [1.29, 1.82) is 0 Å². The first-order chi connectivity index (χ1) is 12.2. The Labute approximate surface area is 157 Å². The fourth-order valence-corrected chi connectivity index (χ4v) is 2.71. The Morgan fingerprint density at radius 1 is 0.920 bits per heavy atom. The molecule has 0 aliphatic carbocycles. The zero-order valence-electron chi connectivity index (χ0n) is 14.0. The van der Waals surface area contributed by atoms with Crippen LogP contribution in [-0.4, -0.2) is 38.0 Å². The highest BCUT2D eigenvalue weighted by Crippen LogP contribution is 2.19. The molecule has 2 aromatic carbocycles. The van der Waals surface area contributed by atoms with Gasteiger partial charge in [-0.2, -0.15) is 0 Å². The highest BCUT2D eigenvalue weighted by atomic mass is 35.5. The fraction of sp³-hybridized carbons (Fsp3) is 0.278. The molecule has 7 heteroatoms. The Bertz CT molecular complexity index is 657. The molecule has 2 rings (SSSR count). The van der Waals surface area contributed by atoms with Gasteiger partial charge in [0.15, 0.2) is 0 Å². The Balaban J connectivity index is 1.93. The van der Waals surface area contributed by atoms with Crippen LogP contribution >= 0.6 is 23.2 Å². The minimum absolute atomic E-state index is 0.309. The first kappa shape index (κ1) is 19.2. The van der Waals surface area contributed by atoms with Crippen LogP contribution in [0.3, 0.4) is 0 Å². The molecule has 5 nitrogen and oxygen atoms in total. The summed E-state index contributed by atoms with van der Waals surface area (Å²) in [7, 11) is 1.60. The van der Waals surface area contributed by atoms with E-state index in [1.54, 1.807) is 31.4 Å². The van der Waals surface area contributed by atoms with Gasteiger partial charge in [0, 0.05) is 41.9 Å². The molecule has 0 unspecified atom stereocenters. The van der Waals surface area contributed by atoms with E-state index in [1.165, 1.54) is 0 Å². The minimum Gasteiger partial charge on any atom is -0.497 e. The summed E-state index contributed by atoms with van der Waals surface area (Å²) in [5.41, 5.74) is 2.40. The standard InChI is InChI=1S/C18H21Cl2N3O2/c1-25-17-8-4-15(5-9-17)22-18(24)21-14-2-6-16(7-3-14)23(12-10-19)13-11-20/h2-9H,10-13H2,1H3,(H2,21,22,24). The maximum atomic E-state index is 12.1. The number of rotatable bonds is 8. The maximum Gasteiger partial charge on any atom is 0.323 e. The average molecular weight is 382 g/mol. The Morgan fingerprint density at radius 2 is 1.40 bits per heavy atom. The Kier molecular flexibility index (Phi) is 7.70. The van der Waals surface area contributed by atoms with Gasteiger partial charge in [-0.15, -0.1) is 23.2 Å². The lowest BCUT2D eigenvalue weighted by molar-refractivity contribution is 0.262. The number of hydrogen-bond acceptors (Lipinski definition) is 3. The van der Waals surface area contributed by atoms with Crippen molar-refractivity contribution in [2.75, 3.05) is 47.5 Å². The number of amides is 2. The number of hydrogen-bond donors (Lipinski definition) is 2. The van der Waals surface area contributed by atoms with Crippen LogP contribution in [0.25, 0.3) is 0 Å². The van der Waals surface area contributed by atoms with Crippen LogP contribution in [0.15, 0.2) is 48.5 Å². The van der Waals surface area contributed by atoms with Gasteiger partial charge in [0.25, 0.3) is 0 Å². The molecule has 2 amide bonds. The van der Waals surface area contributed by atoms with E-state index >= 15 is 0 Å². The van der Waals surface area contributed by atoms with E-state index in [9.17, 15) is 4.79 Å². The van der Waals surface area contributed by atoms with Gasteiger partial charge in [-0.05, 0) is 48.5 Å². The predicted molar refractivity (Wildman–Crippen MR) is 106 cm³/mol. The van der Waals surface area contributed by atoms with Crippen LogP contribution in [0, 0.1) is 0 Å². The van der Waals surface area contributed by atoms with Crippen LogP contribution < -0.4 is 20.3 Å². The maximum absolute atomic E-state index is 12.1. The molecule has 0 heterocycles. The third kappa shape index (κ3) is 6.03. The summed E-state index contributed by atoms with van der Waals surface area (Å²) in [6.45, 7) is 1.44. The van der Waals surface area contributed by atoms with Gasteiger partial charge in [-0.1, -0.05) is 0 Å². The van der Waals surface area contributed by atoms with Gasteiger partial charge in [-0.3, -0.25) is 0 Å². The number of carbonyl (C=O) groups is 1. The molecule has 0 aromatic heterocycles. The molecule has 0 radical (unpaired) electrons. The van der Waals surface area contributed by atoms with Crippen molar-refractivity contribution < 1.29 is 9.53 Å². The van der Waals surface area contributed by atoms with Crippen molar-refractivity contribution >= 4 is 46.3 Å². The van der Waals surface area contributed by atoms with E-state index in [4.69, 9.17) is 27.9 Å². The molecule has 0 saturated carbocycles. The van der Waals surface area contributed by atoms with E-state index in [-0.39, 0.29) is 6.03 Å². The second-order valence-corrected chi connectivity index (χ2v) is 5.98. The third-order valence-corrected chi connectivity index (χ3v) is 3.89. The van der Waals surface area contributed by atoms with Crippen molar-refractivity contribution in [2.45, 2.75) is 0 Å². The quantitative estimate of drug-likeness (QED) is 0.655. The topological polar surface area (TPSA) is 53.6 Å². The van der Waals surface area contributed by atoms with Gasteiger partial charge >= 0.3 is 6.03 Å². The molecular formula is C18H21Cl2N3O2. The normalized spacial score (nSPS) is 10.2. The van der Waals surface area contributed by atoms with Gasteiger partial charge < -0.3 is 20.3 Å². The number of anilines is 3. The summed E-state index contributed by atoms with van der Waals surface area (Å²) in [4.78, 5) is 14.2. The van der Waals surface area contributed by atoms with E-state index in [0.717, 1.165) is 24.5 Å². The second-order valence-electron chi connectivity index (χ2n) is 5.22.